The third-order valence-electron chi connectivity index (χ3n) is 4.88. The largest absolute Gasteiger partial charge is 0.586 e. The summed E-state index contributed by atoms with van der Waals surface area (Å²) in [6, 6.07) is 3.52. The van der Waals surface area contributed by atoms with E-state index in [-0.39, 0.29) is 23.5 Å². The molecule has 2 fully saturated rings. The van der Waals surface area contributed by atoms with E-state index in [0.29, 0.717) is 0 Å². The lowest BCUT2D eigenvalue weighted by Crippen LogP contribution is -2.33. The Morgan fingerprint density at radius 1 is 1.17 bits per heavy atom. The van der Waals surface area contributed by atoms with Crippen molar-refractivity contribution < 1.29 is 31.5 Å². The second-order valence-electron chi connectivity index (χ2n) is 6.36. The average molecular weight is 359 g/mol. The Balaban J connectivity index is 1.57. The summed E-state index contributed by atoms with van der Waals surface area (Å²) in [5.41, 5.74) is 0. The fourth-order valence-corrected chi connectivity index (χ4v) is 4.95. The van der Waals surface area contributed by atoms with Gasteiger partial charge in [0.1, 0.15) is 4.90 Å². The van der Waals surface area contributed by atoms with Crippen LogP contribution < -0.4 is 14.2 Å². The summed E-state index contributed by atoms with van der Waals surface area (Å²) in [5.74, 6) is -1.38. The zero-order chi connectivity index (χ0) is 17.1. The fraction of sp³-hybridized carbons (Fsp3) is 0.533. The van der Waals surface area contributed by atoms with Gasteiger partial charge in [0.25, 0.3) is 10.0 Å². The van der Waals surface area contributed by atoms with Gasteiger partial charge in [0.05, 0.1) is 0 Å². The van der Waals surface area contributed by atoms with E-state index in [4.69, 9.17) is 0 Å². The molecular weight excluding hydrogens is 344 g/mol. The summed E-state index contributed by atoms with van der Waals surface area (Å²) >= 11 is 0. The molecule has 0 radical (unpaired) electrons. The van der Waals surface area contributed by atoms with Crippen molar-refractivity contribution in [3.63, 3.8) is 0 Å². The van der Waals surface area contributed by atoms with Crippen molar-refractivity contribution in [1.29, 1.82) is 0 Å². The third kappa shape index (κ3) is 2.51. The molecule has 0 saturated heterocycles. The predicted octanol–water partition coefficient (Wildman–Crippen LogP) is 2.25. The number of alkyl halides is 2. The second kappa shape index (κ2) is 5.05. The first-order chi connectivity index (χ1) is 11.3. The number of para-hydroxylation sites is 1. The quantitative estimate of drug-likeness (QED) is 0.895. The molecule has 24 heavy (non-hydrogen) atoms. The van der Waals surface area contributed by atoms with Crippen molar-refractivity contribution in [2.45, 2.75) is 36.9 Å². The van der Waals surface area contributed by atoms with E-state index in [1.165, 1.54) is 12.1 Å². The number of sulfonamides is 1. The summed E-state index contributed by atoms with van der Waals surface area (Å²) in [5, 5.41) is 0. The number of rotatable bonds is 3. The zero-order valence-electron chi connectivity index (χ0n) is 12.5. The van der Waals surface area contributed by atoms with Crippen LogP contribution in [0.2, 0.25) is 0 Å². The Morgan fingerprint density at radius 2 is 1.83 bits per heavy atom. The van der Waals surface area contributed by atoms with Crippen LogP contribution in [0, 0.1) is 17.8 Å². The van der Waals surface area contributed by atoms with Gasteiger partial charge in [-0.1, -0.05) is 18.9 Å². The van der Waals surface area contributed by atoms with Crippen LogP contribution in [0.3, 0.4) is 0 Å². The fourth-order valence-electron chi connectivity index (χ4n) is 3.79. The number of benzene rings is 1. The summed E-state index contributed by atoms with van der Waals surface area (Å²) in [6.07, 6.45) is 0.0110. The number of carbonyl (C=O) groups excluding carboxylic acids is 1. The van der Waals surface area contributed by atoms with Gasteiger partial charge in [-0.25, -0.2) is 13.1 Å². The molecule has 4 rings (SSSR count). The van der Waals surface area contributed by atoms with Crippen molar-refractivity contribution in [3.8, 4) is 11.5 Å². The molecule has 2 aliphatic carbocycles. The van der Waals surface area contributed by atoms with E-state index in [1.54, 1.807) is 0 Å². The number of halogens is 2. The van der Waals surface area contributed by atoms with Gasteiger partial charge in [-0.15, -0.1) is 8.78 Å². The van der Waals surface area contributed by atoms with Gasteiger partial charge >= 0.3 is 6.29 Å². The first kappa shape index (κ1) is 15.6. The molecule has 1 aliphatic heterocycles. The Kier molecular flexibility index (Phi) is 3.28. The highest BCUT2D eigenvalue weighted by molar-refractivity contribution is 7.90. The Morgan fingerprint density at radius 3 is 2.50 bits per heavy atom. The summed E-state index contributed by atoms with van der Waals surface area (Å²) in [4.78, 5) is 11.7. The number of nitrogens with one attached hydrogen (secondary N) is 1. The van der Waals surface area contributed by atoms with Crippen LogP contribution in [0.5, 0.6) is 11.5 Å². The van der Waals surface area contributed by atoms with Gasteiger partial charge in [0, 0.05) is 5.92 Å². The zero-order valence-corrected chi connectivity index (χ0v) is 13.3. The van der Waals surface area contributed by atoms with Gasteiger partial charge in [0.15, 0.2) is 11.5 Å². The SMILES string of the molecule is O=C(NS(=O)(=O)c1cccc2c1OC(F)(F)O2)C1C2CCCCC21. The van der Waals surface area contributed by atoms with Gasteiger partial charge < -0.3 is 9.47 Å². The number of amides is 1. The number of hydrogen-bond acceptors (Lipinski definition) is 5. The van der Waals surface area contributed by atoms with E-state index in [1.807, 2.05) is 4.72 Å². The van der Waals surface area contributed by atoms with Gasteiger partial charge in [0.2, 0.25) is 5.91 Å². The minimum Gasteiger partial charge on any atom is -0.395 e. The van der Waals surface area contributed by atoms with Crippen molar-refractivity contribution in [2.75, 3.05) is 0 Å². The van der Waals surface area contributed by atoms with E-state index in [2.05, 4.69) is 9.47 Å². The molecule has 3 aliphatic rings. The van der Waals surface area contributed by atoms with Crippen LogP contribution >= 0.6 is 0 Å². The Hall–Kier alpha value is -1.90. The van der Waals surface area contributed by atoms with E-state index >= 15 is 0 Å². The van der Waals surface area contributed by atoms with E-state index in [0.717, 1.165) is 31.7 Å². The molecule has 0 bridgehead atoms. The first-order valence-electron chi connectivity index (χ1n) is 7.74. The molecular formula is C15H15F2NO5S. The van der Waals surface area contributed by atoms with Crippen LogP contribution in [-0.2, 0) is 14.8 Å². The molecule has 130 valence electrons. The van der Waals surface area contributed by atoms with Crippen LogP contribution in [-0.4, -0.2) is 20.6 Å². The van der Waals surface area contributed by atoms with Crippen molar-refractivity contribution in [2.24, 2.45) is 17.8 Å². The molecule has 2 atom stereocenters. The maximum atomic E-state index is 13.2. The summed E-state index contributed by atoms with van der Waals surface area (Å²) in [6.45, 7) is 0. The molecule has 1 heterocycles. The van der Waals surface area contributed by atoms with Crippen LogP contribution in [0.15, 0.2) is 23.1 Å². The normalized spacial score (nSPS) is 29.7. The lowest BCUT2D eigenvalue weighted by Gasteiger charge is -2.09. The third-order valence-corrected chi connectivity index (χ3v) is 6.25. The maximum absolute atomic E-state index is 13.2. The predicted molar refractivity (Wildman–Crippen MR) is 76.9 cm³/mol. The molecule has 1 aromatic carbocycles. The summed E-state index contributed by atoms with van der Waals surface area (Å²) in [7, 11) is -4.32. The monoisotopic (exact) mass is 359 g/mol. The standard InChI is InChI=1S/C15H15F2NO5S/c16-15(17)22-10-6-3-7-11(13(10)23-15)24(20,21)18-14(19)12-8-4-1-2-5-9(8)12/h3,6-9,12H,1-2,4-5H2,(H,18,19). The van der Waals surface area contributed by atoms with E-state index in [9.17, 15) is 22.0 Å². The first-order valence-corrected chi connectivity index (χ1v) is 9.22. The molecule has 6 nitrogen and oxygen atoms in total. The number of ether oxygens (including phenoxy) is 2. The molecule has 0 spiro atoms. The highest BCUT2D eigenvalue weighted by atomic mass is 32.2. The molecule has 2 saturated carbocycles. The van der Waals surface area contributed by atoms with E-state index < -0.39 is 32.9 Å². The minimum absolute atomic E-state index is 0.236. The minimum atomic E-state index is -4.32. The molecule has 9 heteroatoms. The maximum Gasteiger partial charge on any atom is 0.586 e. The number of hydrogen-bond donors (Lipinski definition) is 1. The van der Waals surface area contributed by atoms with Gasteiger partial charge in [-0.2, -0.15) is 0 Å². The van der Waals surface area contributed by atoms with Crippen LogP contribution in [0.1, 0.15) is 25.7 Å². The lowest BCUT2D eigenvalue weighted by atomic mass is 10.0. The van der Waals surface area contributed by atoms with Crippen molar-refractivity contribution in [3.05, 3.63) is 18.2 Å². The molecule has 1 N–H and O–H groups in total. The molecule has 1 amide bonds. The highest BCUT2D eigenvalue weighted by Gasteiger charge is 2.55. The molecule has 2 unspecified atom stereocenters. The highest BCUT2D eigenvalue weighted by Crippen LogP contribution is 2.55. The second-order valence-corrected chi connectivity index (χ2v) is 8.01. The smallest absolute Gasteiger partial charge is 0.395 e. The van der Waals surface area contributed by atoms with Crippen molar-refractivity contribution >= 4 is 15.9 Å². The summed E-state index contributed by atoms with van der Waals surface area (Å²) < 4.78 is 61.8. The number of carbonyl (C=O) groups is 1. The molecule has 1 aromatic rings. The number of fused-ring (bicyclic) bond motifs is 2. The average Bonchev–Trinajstić information content (AvgIpc) is 3.13. The van der Waals surface area contributed by atoms with Gasteiger partial charge in [-0.3, -0.25) is 4.79 Å². The Labute approximate surface area is 137 Å². The molecule has 0 aromatic heterocycles. The topological polar surface area (TPSA) is 81.7 Å². The van der Waals surface area contributed by atoms with Crippen molar-refractivity contribution in [1.82, 2.24) is 4.72 Å². The van der Waals surface area contributed by atoms with Gasteiger partial charge in [-0.05, 0) is 36.8 Å². The Bertz CT molecular complexity index is 798. The van der Waals surface area contributed by atoms with Crippen LogP contribution in [0.4, 0.5) is 8.78 Å². The van der Waals surface area contributed by atoms with Crippen LogP contribution in [0.25, 0.3) is 0 Å². The lowest BCUT2D eigenvalue weighted by molar-refractivity contribution is -0.287.